The molecule has 1 heteroatoms. The molecule has 3 aliphatic rings. The van der Waals surface area contributed by atoms with Crippen LogP contribution in [0.3, 0.4) is 0 Å². The van der Waals surface area contributed by atoms with E-state index in [0.29, 0.717) is 10.8 Å². The van der Waals surface area contributed by atoms with E-state index in [1.807, 2.05) is 0 Å². The zero-order valence-corrected chi connectivity index (χ0v) is 12.7. The Bertz CT molecular complexity index is 335. The molecular weight excluding hydrogens is 220 g/mol. The van der Waals surface area contributed by atoms with Crippen molar-refractivity contribution >= 4 is 0 Å². The van der Waals surface area contributed by atoms with Crippen LogP contribution < -0.4 is 0 Å². The minimum absolute atomic E-state index is 0.249. The molecule has 0 unspecified atom stereocenters. The molecule has 2 aliphatic carbocycles. The highest BCUT2D eigenvalue weighted by Gasteiger charge is 2.61. The molecule has 2 saturated carbocycles. The number of hydrogen-bond acceptors (Lipinski definition) is 1. The van der Waals surface area contributed by atoms with Gasteiger partial charge in [-0.3, -0.25) is 0 Å². The van der Waals surface area contributed by atoms with E-state index in [2.05, 4.69) is 27.7 Å². The van der Waals surface area contributed by atoms with Crippen LogP contribution in [0, 0.1) is 22.7 Å². The molecule has 0 radical (unpaired) electrons. The molecule has 1 aliphatic heterocycles. The third-order valence-electron chi connectivity index (χ3n) is 6.96. The number of ether oxygens (including phenoxy) is 1. The highest BCUT2D eigenvalue weighted by atomic mass is 16.5. The van der Waals surface area contributed by atoms with Crippen LogP contribution >= 0.6 is 0 Å². The van der Waals surface area contributed by atoms with Crippen LogP contribution in [0.5, 0.6) is 0 Å². The molecule has 1 saturated heterocycles. The topological polar surface area (TPSA) is 9.23 Å². The van der Waals surface area contributed by atoms with E-state index in [1.54, 1.807) is 0 Å². The lowest BCUT2D eigenvalue weighted by molar-refractivity contribution is -0.156. The largest absolute Gasteiger partial charge is 0.375 e. The standard InChI is InChI=1S/C17H30O/c1-5-17-11-7-13-15(2,3)9-6-10-16(13,4)14(17)8-12-18-17/h13-14H,5-12H2,1-4H3/t13-,14-,16-,17+/m0/s1. The molecule has 0 aromatic heterocycles. The Kier molecular flexibility index (Phi) is 2.86. The third kappa shape index (κ3) is 1.55. The van der Waals surface area contributed by atoms with Crippen molar-refractivity contribution in [2.24, 2.45) is 22.7 Å². The van der Waals surface area contributed by atoms with Crippen molar-refractivity contribution in [3.05, 3.63) is 0 Å². The first-order valence-corrected chi connectivity index (χ1v) is 8.09. The molecule has 104 valence electrons. The average molecular weight is 250 g/mol. The fourth-order valence-corrected chi connectivity index (χ4v) is 6.14. The molecule has 0 bridgehead atoms. The summed E-state index contributed by atoms with van der Waals surface area (Å²) in [6.07, 6.45) is 9.55. The summed E-state index contributed by atoms with van der Waals surface area (Å²) in [5.41, 5.74) is 1.35. The smallest absolute Gasteiger partial charge is 0.0714 e. The molecule has 1 nitrogen and oxygen atoms in total. The lowest BCUT2D eigenvalue weighted by Crippen LogP contribution is -2.56. The molecule has 0 spiro atoms. The number of fused-ring (bicyclic) bond motifs is 3. The van der Waals surface area contributed by atoms with Crippen molar-refractivity contribution in [3.8, 4) is 0 Å². The predicted molar refractivity (Wildman–Crippen MR) is 75.5 cm³/mol. The quantitative estimate of drug-likeness (QED) is 0.649. The van der Waals surface area contributed by atoms with Crippen molar-refractivity contribution in [2.75, 3.05) is 6.61 Å². The van der Waals surface area contributed by atoms with Gasteiger partial charge in [0.25, 0.3) is 0 Å². The van der Waals surface area contributed by atoms with E-state index >= 15 is 0 Å². The first kappa shape index (κ1) is 13.0. The molecule has 3 rings (SSSR count). The monoisotopic (exact) mass is 250 g/mol. The molecule has 1 heterocycles. The molecule has 18 heavy (non-hydrogen) atoms. The van der Waals surface area contributed by atoms with Crippen LogP contribution in [-0.2, 0) is 4.74 Å². The van der Waals surface area contributed by atoms with Gasteiger partial charge < -0.3 is 4.74 Å². The minimum Gasteiger partial charge on any atom is -0.375 e. The van der Waals surface area contributed by atoms with Crippen LogP contribution in [0.4, 0.5) is 0 Å². The summed E-state index contributed by atoms with van der Waals surface area (Å²) in [5, 5.41) is 0. The fourth-order valence-electron chi connectivity index (χ4n) is 6.14. The Morgan fingerprint density at radius 2 is 1.78 bits per heavy atom. The summed E-state index contributed by atoms with van der Waals surface area (Å²) in [6.45, 7) is 11.0. The van der Waals surface area contributed by atoms with E-state index in [9.17, 15) is 0 Å². The molecule has 0 amide bonds. The van der Waals surface area contributed by atoms with Gasteiger partial charge in [0.15, 0.2) is 0 Å². The average Bonchev–Trinajstić information content (AvgIpc) is 2.73. The van der Waals surface area contributed by atoms with E-state index in [-0.39, 0.29) is 5.60 Å². The van der Waals surface area contributed by atoms with Crippen molar-refractivity contribution in [2.45, 2.75) is 78.2 Å². The Labute approximate surface area is 113 Å². The van der Waals surface area contributed by atoms with Crippen LogP contribution in [0.15, 0.2) is 0 Å². The van der Waals surface area contributed by atoms with Crippen molar-refractivity contribution in [3.63, 3.8) is 0 Å². The zero-order chi connectivity index (χ0) is 13.0. The van der Waals surface area contributed by atoms with Crippen molar-refractivity contribution < 1.29 is 4.74 Å². The second-order valence-electron chi connectivity index (χ2n) is 8.05. The lowest BCUT2D eigenvalue weighted by atomic mass is 9.45. The highest BCUT2D eigenvalue weighted by molar-refractivity contribution is 5.10. The molecule has 0 N–H and O–H groups in total. The second kappa shape index (κ2) is 3.98. The Hall–Kier alpha value is -0.0400. The van der Waals surface area contributed by atoms with Gasteiger partial charge in [0.1, 0.15) is 0 Å². The van der Waals surface area contributed by atoms with Crippen LogP contribution in [0.25, 0.3) is 0 Å². The van der Waals surface area contributed by atoms with Crippen molar-refractivity contribution in [1.82, 2.24) is 0 Å². The highest BCUT2D eigenvalue weighted by Crippen LogP contribution is 2.65. The molecule has 0 aromatic carbocycles. The summed E-state index contributed by atoms with van der Waals surface area (Å²) < 4.78 is 6.28. The number of hydrogen-bond donors (Lipinski definition) is 0. The summed E-state index contributed by atoms with van der Waals surface area (Å²) in [5.74, 6) is 1.75. The first-order valence-electron chi connectivity index (χ1n) is 8.09. The third-order valence-corrected chi connectivity index (χ3v) is 6.96. The van der Waals surface area contributed by atoms with Gasteiger partial charge in [-0.05, 0) is 61.2 Å². The molecule has 0 aromatic rings. The summed E-state index contributed by atoms with van der Waals surface area (Å²) >= 11 is 0. The van der Waals surface area contributed by atoms with E-state index in [4.69, 9.17) is 4.74 Å². The van der Waals surface area contributed by atoms with Gasteiger partial charge in [0.2, 0.25) is 0 Å². The summed E-state index contributed by atoms with van der Waals surface area (Å²) in [4.78, 5) is 0. The normalized spacial score (nSPS) is 50.7. The van der Waals surface area contributed by atoms with Crippen LogP contribution in [0.2, 0.25) is 0 Å². The predicted octanol–water partition coefficient (Wildman–Crippen LogP) is 4.80. The Morgan fingerprint density at radius 1 is 1.00 bits per heavy atom. The van der Waals surface area contributed by atoms with Gasteiger partial charge in [-0.25, -0.2) is 0 Å². The maximum Gasteiger partial charge on any atom is 0.0714 e. The van der Waals surface area contributed by atoms with Crippen LogP contribution in [-0.4, -0.2) is 12.2 Å². The summed E-state index contributed by atoms with van der Waals surface area (Å²) in [6, 6.07) is 0. The van der Waals surface area contributed by atoms with Gasteiger partial charge >= 0.3 is 0 Å². The first-order chi connectivity index (χ1) is 8.45. The number of rotatable bonds is 1. The van der Waals surface area contributed by atoms with Gasteiger partial charge in [0, 0.05) is 6.61 Å². The SMILES string of the molecule is CC[C@@]12CC[C@H]3C(C)(C)CCC[C@]3(C)[C@@H]1CCO2. The zero-order valence-electron chi connectivity index (χ0n) is 12.7. The van der Waals surface area contributed by atoms with Gasteiger partial charge in [-0.2, -0.15) is 0 Å². The van der Waals surface area contributed by atoms with E-state index in [1.165, 1.54) is 44.9 Å². The molecular formula is C17H30O. The maximum absolute atomic E-state index is 6.28. The van der Waals surface area contributed by atoms with Crippen LogP contribution in [0.1, 0.15) is 72.6 Å². The van der Waals surface area contributed by atoms with Crippen molar-refractivity contribution in [1.29, 1.82) is 0 Å². The fraction of sp³-hybridized carbons (Fsp3) is 1.00. The molecule has 4 atom stereocenters. The summed E-state index contributed by atoms with van der Waals surface area (Å²) in [7, 11) is 0. The Morgan fingerprint density at radius 3 is 2.50 bits per heavy atom. The van der Waals surface area contributed by atoms with E-state index < -0.39 is 0 Å². The lowest BCUT2D eigenvalue weighted by Gasteiger charge is -2.60. The van der Waals surface area contributed by atoms with E-state index in [0.717, 1.165) is 18.4 Å². The molecule has 3 fully saturated rings. The van der Waals surface area contributed by atoms with Gasteiger partial charge in [-0.15, -0.1) is 0 Å². The van der Waals surface area contributed by atoms with Gasteiger partial charge in [0.05, 0.1) is 5.60 Å². The minimum atomic E-state index is 0.249. The van der Waals surface area contributed by atoms with Gasteiger partial charge in [-0.1, -0.05) is 34.1 Å². The maximum atomic E-state index is 6.28. The second-order valence-corrected chi connectivity index (χ2v) is 8.05. The Balaban J connectivity index is 1.98.